The van der Waals surface area contributed by atoms with Crippen LogP contribution in [0.2, 0.25) is 0 Å². The van der Waals surface area contributed by atoms with Crippen molar-refractivity contribution in [2.45, 2.75) is 18.9 Å². The summed E-state index contributed by atoms with van der Waals surface area (Å²) in [5.41, 5.74) is 0.897. The van der Waals surface area contributed by atoms with Crippen LogP contribution in [0.3, 0.4) is 0 Å². The van der Waals surface area contributed by atoms with E-state index in [2.05, 4.69) is 37.7 Å². The number of fused-ring (bicyclic) bond motifs is 1. The van der Waals surface area contributed by atoms with Crippen molar-refractivity contribution in [3.63, 3.8) is 0 Å². The molecule has 1 fully saturated rings. The van der Waals surface area contributed by atoms with Crippen molar-refractivity contribution >= 4 is 34.1 Å². The third-order valence-corrected chi connectivity index (χ3v) is 4.77. The molecular weight excluding hydrogens is 415 g/mol. The summed E-state index contributed by atoms with van der Waals surface area (Å²) >= 11 is 2.17. The molecule has 0 saturated carbocycles. The fraction of sp³-hybridized carbons (Fsp3) is 0.267. The Hall–Kier alpha value is -1.84. The lowest BCUT2D eigenvalue weighted by atomic mass is 10.1. The summed E-state index contributed by atoms with van der Waals surface area (Å²) in [6.45, 7) is 0.732. The van der Waals surface area contributed by atoms with Gasteiger partial charge in [0.2, 0.25) is 5.95 Å². The Morgan fingerprint density at radius 2 is 2.04 bits per heavy atom. The Bertz CT molecular complexity index is 881. The van der Waals surface area contributed by atoms with Crippen molar-refractivity contribution in [3.05, 3.63) is 51.6 Å². The van der Waals surface area contributed by atoms with E-state index < -0.39 is 11.8 Å². The van der Waals surface area contributed by atoms with Crippen molar-refractivity contribution < 1.29 is 8.78 Å². The van der Waals surface area contributed by atoms with Crippen LogP contribution in [-0.2, 0) is 0 Å². The molecule has 0 amide bonds. The van der Waals surface area contributed by atoms with Crippen LogP contribution in [0.15, 0.2) is 30.6 Å². The predicted octanol–water partition coefficient (Wildman–Crippen LogP) is 3.35. The van der Waals surface area contributed by atoms with Crippen LogP contribution in [-0.4, -0.2) is 26.1 Å². The molecule has 0 aliphatic carbocycles. The summed E-state index contributed by atoms with van der Waals surface area (Å²) in [7, 11) is 0. The Morgan fingerprint density at radius 3 is 2.91 bits per heavy atom. The summed E-state index contributed by atoms with van der Waals surface area (Å²) in [6, 6.07) is 3.70. The molecule has 3 aromatic heterocycles. The van der Waals surface area contributed by atoms with Crippen LogP contribution >= 0.6 is 22.6 Å². The van der Waals surface area contributed by atoms with Gasteiger partial charge in [0, 0.05) is 12.7 Å². The predicted molar refractivity (Wildman–Crippen MR) is 89.2 cm³/mol. The van der Waals surface area contributed by atoms with E-state index in [4.69, 9.17) is 0 Å². The van der Waals surface area contributed by atoms with Gasteiger partial charge in [-0.3, -0.25) is 0 Å². The first-order chi connectivity index (χ1) is 11.1. The molecule has 0 aromatic carbocycles. The molecule has 118 valence electrons. The van der Waals surface area contributed by atoms with Crippen molar-refractivity contribution in [1.29, 1.82) is 0 Å². The van der Waals surface area contributed by atoms with E-state index in [9.17, 15) is 8.78 Å². The van der Waals surface area contributed by atoms with Gasteiger partial charge in [0.15, 0.2) is 5.65 Å². The van der Waals surface area contributed by atoms with E-state index in [-0.39, 0.29) is 11.7 Å². The highest BCUT2D eigenvalue weighted by atomic mass is 127. The van der Waals surface area contributed by atoms with Gasteiger partial charge in [-0.15, -0.1) is 0 Å². The van der Waals surface area contributed by atoms with Gasteiger partial charge in [-0.25, -0.2) is 18.9 Å². The minimum absolute atomic E-state index is 0.146. The SMILES string of the molecule is Fc1ccc(F)c([C@H]2CCCN2c2ccn3ncc(I)c3n2)n1. The number of hydrogen-bond donors (Lipinski definition) is 0. The van der Waals surface area contributed by atoms with Crippen LogP contribution in [0, 0.1) is 15.3 Å². The van der Waals surface area contributed by atoms with Crippen LogP contribution < -0.4 is 4.90 Å². The highest BCUT2D eigenvalue weighted by Gasteiger charge is 2.31. The van der Waals surface area contributed by atoms with Gasteiger partial charge in [0.1, 0.15) is 17.3 Å². The number of aromatic nitrogens is 4. The lowest BCUT2D eigenvalue weighted by molar-refractivity contribution is 0.518. The quantitative estimate of drug-likeness (QED) is 0.465. The zero-order chi connectivity index (χ0) is 16.0. The van der Waals surface area contributed by atoms with E-state index in [0.29, 0.717) is 0 Å². The van der Waals surface area contributed by atoms with E-state index in [1.54, 1.807) is 10.7 Å². The topological polar surface area (TPSA) is 46.3 Å². The Balaban J connectivity index is 1.76. The van der Waals surface area contributed by atoms with Gasteiger partial charge in [-0.05, 0) is 53.6 Å². The second kappa shape index (κ2) is 5.66. The fourth-order valence-corrected chi connectivity index (χ4v) is 3.48. The largest absolute Gasteiger partial charge is 0.348 e. The van der Waals surface area contributed by atoms with Gasteiger partial charge in [0.25, 0.3) is 0 Å². The smallest absolute Gasteiger partial charge is 0.213 e. The normalized spacial score (nSPS) is 18.0. The third kappa shape index (κ3) is 2.54. The number of halogens is 3. The Labute approximate surface area is 144 Å². The third-order valence-electron chi connectivity index (χ3n) is 4.01. The number of hydrogen-bond acceptors (Lipinski definition) is 4. The van der Waals surface area contributed by atoms with Crippen LogP contribution in [0.25, 0.3) is 5.65 Å². The Morgan fingerprint density at radius 1 is 1.17 bits per heavy atom. The molecule has 1 atom stereocenters. The molecule has 23 heavy (non-hydrogen) atoms. The first-order valence-corrected chi connectivity index (χ1v) is 8.30. The number of pyridine rings is 1. The van der Waals surface area contributed by atoms with E-state index in [0.717, 1.165) is 46.6 Å². The standard InChI is InChI=1S/C15H12F2IN5/c16-9-3-4-12(17)20-14(9)11-2-1-6-22(11)13-5-7-23-15(21-13)10(18)8-19-23/h3-5,7-8,11H,1-2,6H2/t11-/m1/s1. The summed E-state index contributed by atoms with van der Waals surface area (Å²) < 4.78 is 30.1. The molecule has 1 aliphatic heterocycles. The van der Waals surface area contributed by atoms with Crippen LogP contribution in [0.4, 0.5) is 14.6 Å². The first-order valence-electron chi connectivity index (χ1n) is 7.22. The molecule has 0 unspecified atom stereocenters. The summed E-state index contributed by atoms with van der Waals surface area (Å²) in [5.74, 6) is -0.422. The second-order valence-electron chi connectivity index (χ2n) is 5.40. The van der Waals surface area contributed by atoms with E-state index in [1.165, 1.54) is 0 Å². The highest BCUT2D eigenvalue weighted by molar-refractivity contribution is 14.1. The lowest BCUT2D eigenvalue weighted by Gasteiger charge is -2.25. The molecule has 5 nitrogen and oxygen atoms in total. The molecule has 0 radical (unpaired) electrons. The van der Waals surface area contributed by atoms with E-state index in [1.807, 2.05) is 17.2 Å². The molecule has 8 heteroatoms. The fourth-order valence-electron chi connectivity index (χ4n) is 2.98. The van der Waals surface area contributed by atoms with Crippen LogP contribution in [0.1, 0.15) is 24.6 Å². The molecule has 4 heterocycles. The Kier molecular flexibility index (Phi) is 3.63. The van der Waals surface area contributed by atoms with Crippen molar-refractivity contribution in [2.24, 2.45) is 0 Å². The maximum absolute atomic E-state index is 14.1. The molecular formula is C15H12F2IN5. The maximum atomic E-state index is 14.1. The van der Waals surface area contributed by atoms with Gasteiger partial charge < -0.3 is 4.90 Å². The summed E-state index contributed by atoms with van der Waals surface area (Å²) in [5, 5.41) is 4.20. The minimum atomic E-state index is -0.665. The van der Waals surface area contributed by atoms with Gasteiger partial charge in [0.05, 0.1) is 15.8 Å². The maximum Gasteiger partial charge on any atom is 0.213 e. The van der Waals surface area contributed by atoms with E-state index >= 15 is 0 Å². The molecule has 3 aromatic rings. The molecule has 1 saturated heterocycles. The highest BCUT2D eigenvalue weighted by Crippen LogP contribution is 2.35. The zero-order valence-corrected chi connectivity index (χ0v) is 14.1. The number of anilines is 1. The van der Waals surface area contributed by atoms with Gasteiger partial charge in [-0.1, -0.05) is 0 Å². The summed E-state index contributed by atoms with van der Waals surface area (Å²) in [4.78, 5) is 10.4. The minimum Gasteiger partial charge on any atom is -0.348 e. The molecule has 1 aliphatic rings. The zero-order valence-electron chi connectivity index (χ0n) is 12.0. The number of nitrogens with zero attached hydrogens (tertiary/aromatic N) is 5. The molecule has 0 spiro atoms. The monoisotopic (exact) mass is 427 g/mol. The summed E-state index contributed by atoms with van der Waals surface area (Å²) in [6.07, 6.45) is 5.16. The van der Waals surface area contributed by atoms with Crippen molar-refractivity contribution in [3.8, 4) is 0 Å². The average Bonchev–Trinajstić information content (AvgIpc) is 3.17. The molecule has 0 N–H and O–H groups in total. The first kappa shape index (κ1) is 14.7. The molecule has 0 bridgehead atoms. The average molecular weight is 427 g/mol. The van der Waals surface area contributed by atoms with Crippen molar-refractivity contribution in [1.82, 2.24) is 19.6 Å². The van der Waals surface area contributed by atoms with Gasteiger partial charge in [-0.2, -0.15) is 9.49 Å². The van der Waals surface area contributed by atoms with Crippen LogP contribution in [0.5, 0.6) is 0 Å². The molecule has 4 rings (SSSR count). The van der Waals surface area contributed by atoms with Crippen molar-refractivity contribution in [2.75, 3.05) is 11.4 Å². The number of rotatable bonds is 2. The lowest BCUT2D eigenvalue weighted by Crippen LogP contribution is -2.25. The van der Waals surface area contributed by atoms with Gasteiger partial charge >= 0.3 is 0 Å². The second-order valence-corrected chi connectivity index (χ2v) is 6.56.